The first-order valence-electron chi connectivity index (χ1n) is 2.76. The minimum Gasteiger partial charge on any atom is -0.301 e. The molecule has 0 aromatic heterocycles. The van der Waals surface area contributed by atoms with Crippen LogP contribution in [0.1, 0.15) is 20.3 Å². The number of hydrogen-bond donors (Lipinski definition) is 1. The molecule has 1 fully saturated rings. The molecule has 3 heteroatoms. The fraction of sp³-hybridized carbons (Fsp3) is 1.00. The SMILES string of the molecule is CC1(C)CCOSN1. The maximum atomic E-state index is 5.01. The molecule has 8 heavy (non-hydrogen) atoms. The van der Waals surface area contributed by atoms with Crippen LogP contribution in [0.3, 0.4) is 0 Å². The average Bonchev–Trinajstić information content (AvgIpc) is 1.65. The van der Waals surface area contributed by atoms with Crippen LogP contribution in [0.15, 0.2) is 0 Å². The van der Waals surface area contributed by atoms with Crippen molar-refractivity contribution in [3.63, 3.8) is 0 Å². The van der Waals surface area contributed by atoms with Gasteiger partial charge in [0, 0.05) is 5.54 Å². The lowest BCUT2D eigenvalue weighted by atomic mass is 10.0. The zero-order chi connectivity index (χ0) is 6.04. The second-order valence-corrected chi connectivity index (χ2v) is 3.25. The van der Waals surface area contributed by atoms with Crippen LogP contribution in [0.4, 0.5) is 0 Å². The van der Waals surface area contributed by atoms with Gasteiger partial charge in [-0.25, -0.2) is 4.72 Å². The quantitative estimate of drug-likeness (QED) is 0.398. The van der Waals surface area contributed by atoms with Gasteiger partial charge in [-0.3, -0.25) is 0 Å². The Labute approximate surface area is 54.3 Å². The highest BCUT2D eigenvalue weighted by molar-refractivity contribution is 7.92. The zero-order valence-corrected chi connectivity index (χ0v) is 6.05. The first-order chi connectivity index (χ1) is 3.71. The maximum Gasteiger partial charge on any atom is 0.0794 e. The number of rotatable bonds is 0. The van der Waals surface area contributed by atoms with Gasteiger partial charge in [0.1, 0.15) is 0 Å². The lowest BCUT2D eigenvalue weighted by molar-refractivity contribution is 0.264. The van der Waals surface area contributed by atoms with Crippen LogP contribution in [-0.4, -0.2) is 12.1 Å². The summed E-state index contributed by atoms with van der Waals surface area (Å²) in [4.78, 5) is 0. The van der Waals surface area contributed by atoms with Crippen LogP contribution in [0.2, 0.25) is 0 Å². The third-order valence-corrected chi connectivity index (χ3v) is 2.11. The molecule has 1 heterocycles. The number of hydrogen-bond acceptors (Lipinski definition) is 3. The van der Waals surface area contributed by atoms with Gasteiger partial charge in [-0.05, 0) is 20.3 Å². The van der Waals surface area contributed by atoms with Gasteiger partial charge >= 0.3 is 0 Å². The Hall–Kier alpha value is 0.270. The van der Waals surface area contributed by atoms with E-state index in [0.29, 0.717) is 0 Å². The third kappa shape index (κ3) is 1.65. The normalized spacial score (nSPS) is 27.8. The molecule has 0 bridgehead atoms. The van der Waals surface area contributed by atoms with Crippen LogP contribution in [0.25, 0.3) is 0 Å². The Kier molecular flexibility index (Phi) is 1.80. The van der Waals surface area contributed by atoms with Crippen molar-refractivity contribution in [2.24, 2.45) is 0 Å². The van der Waals surface area contributed by atoms with Crippen LogP contribution in [-0.2, 0) is 4.18 Å². The van der Waals surface area contributed by atoms with E-state index in [1.54, 1.807) is 0 Å². The zero-order valence-electron chi connectivity index (χ0n) is 5.23. The molecule has 0 saturated carbocycles. The Morgan fingerprint density at radius 2 is 2.38 bits per heavy atom. The van der Waals surface area contributed by atoms with Crippen molar-refractivity contribution >= 4 is 12.2 Å². The van der Waals surface area contributed by atoms with Gasteiger partial charge in [-0.2, -0.15) is 0 Å². The van der Waals surface area contributed by atoms with E-state index in [1.165, 1.54) is 12.2 Å². The van der Waals surface area contributed by atoms with Gasteiger partial charge in [-0.1, -0.05) is 0 Å². The molecule has 1 aliphatic rings. The Bertz CT molecular complexity index is 76.5. The van der Waals surface area contributed by atoms with Crippen molar-refractivity contribution in [3.05, 3.63) is 0 Å². The standard InChI is InChI=1S/C5H11NOS/c1-5(2)3-4-7-8-6-5/h6H,3-4H2,1-2H3. The van der Waals surface area contributed by atoms with Crippen molar-refractivity contribution in [1.82, 2.24) is 4.72 Å². The summed E-state index contributed by atoms with van der Waals surface area (Å²) in [6.45, 7) is 5.20. The summed E-state index contributed by atoms with van der Waals surface area (Å²) in [6, 6.07) is 0. The van der Waals surface area contributed by atoms with Gasteiger partial charge < -0.3 is 4.18 Å². The molecular formula is C5H11NOS. The Morgan fingerprint density at radius 1 is 1.62 bits per heavy atom. The minimum atomic E-state index is 0.267. The molecule has 2 nitrogen and oxygen atoms in total. The number of nitrogens with one attached hydrogen (secondary N) is 1. The summed E-state index contributed by atoms with van der Waals surface area (Å²) >= 11 is 1.35. The van der Waals surface area contributed by atoms with E-state index in [4.69, 9.17) is 4.18 Å². The van der Waals surface area contributed by atoms with Crippen molar-refractivity contribution in [2.45, 2.75) is 25.8 Å². The summed E-state index contributed by atoms with van der Waals surface area (Å²) in [5.74, 6) is 0. The molecule has 1 rings (SSSR count). The smallest absolute Gasteiger partial charge is 0.0794 e. The molecule has 0 aromatic rings. The van der Waals surface area contributed by atoms with Crippen molar-refractivity contribution in [3.8, 4) is 0 Å². The summed E-state index contributed by atoms with van der Waals surface area (Å²) in [5.41, 5.74) is 0.267. The molecule has 0 unspecified atom stereocenters. The van der Waals surface area contributed by atoms with Crippen molar-refractivity contribution in [1.29, 1.82) is 0 Å². The van der Waals surface area contributed by atoms with Gasteiger partial charge in [0.25, 0.3) is 0 Å². The van der Waals surface area contributed by atoms with Crippen LogP contribution >= 0.6 is 12.2 Å². The predicted octanol–water partition coefficient (Wildman–Crippen LogP) is 1.34. The molecular weight excluding hydrogens is 122 g/mol. The first-order valence-corrected chi connectivity index (χ1v) is 3.50. The topological polar surface area (TPSA) is 21.3 Å². The fourth-order valence-corrected chi connectivity index (χ4v) is 1.09. The highest BCUT2D eigenvalue weighted by Gasteiger charge is 2.20. The highest BCUT2D eigenvalue weighted by Crippen LogP contribution is 2.19. The van der Waals surface area contributed by atoms with Crippen LogP contribution in [0.5, 0.6) is 0 Å². The van der Waals surface area contributed by atoms with E-state index < -0.39 is 0 Å². The van der Waals surface area contributed by atoms with E-state index in [1.807, 2.05) is 0 Å². The molecule has 1 saturated heterocycles. The molecule has 0 aromatic carbocycles. The lowest BCUT2D eigenvalue weighted by Gasteiger charge is -2.28. The summed E-state index contributed by atoms with van der Waals surface area (Å²) in [5, 5.41) is 0. The lowest BCUT2D eigenvalue weighted by Crippen LogP contribution is -2.38. The summed E-state index contributed by atoms with van der Waals surface area (Å²) in [7, 11) is 0. The molecule has 48 valence electrons. The van der Waals surface area contributed by atoms with Gasteiger partial charge in [-0.15, -0.1) is 0 Å². The van der Waals surface area contributed by atoms with Crippen LogP contribution in [0, 0.1) is 0 Å². The molecule has 1 aliphatic heterocycles. The monoisotopic (exact) mass is 133 g/mol. The van der Waals surface area contributed by atoms with E-state index in [0.717, 1.165) is 13.0 Å². The van der Waals surface area contributed by atoms with Gasteiger partial charge in [0.15, 0.2) is 0 Å². The molecule has 0 radical (unpaired) electrons. The second-order valence-electron chi connectivity index (χ2n) is 2.64. The van der Waals surface area contributed by atoms with Gasteiger partial charge in [0.05, 0.1) is 18.8 Å². The molecule has 0 spiro atoms. The predicted molar refractivity (Wildman–Crippen MR) is 35.4 cm³/mol. The van der Waals surface area contributed by atoms with E-state index in [2.05, 4.69) is 18.6 Å². The molecule has 0 amide bonds. The Morgan fingerprint density at radius 3 is 2.62 bits per heavy atom. The van der Waals surface area contributed by atoms with E-state index in [-0.39, 0.29) is 5.54 Å². The summed E-state index contributed by atoms with van der Waals surface area (Å²) in [6.07, 6.45) is 1.10. The van der Waals surface area contributed by atoms with Crippen LogP contribution < -0.4 is 4.72 Å². The summed E-state index contributed by atoms with van der Waals surface area (Å²) < 4.78 is 8.16. The third-order valence-electron chi connectivity index (χ3n) is 1.19. The van der Waals surface area contributed by atoms with Gasteiger partial charge in [0.2, 0.25) is 0 Å². The van der Waals surface area contributed by atoms with E-state index >= 15 is 0 Å². The first kappa shape index (κ1) is 6.39. The molecule has 0 atom stereocenters. The largest absolute Gasteiger partial charge is 0.301 e. The average molecular weight is 133 g/mol. The highest BCUT2D eigenvalue weighted by atomic mass is 32.2. The maximum absolute atomic E-state index is 5.01. The van der Waals surface area contributed by atoms with Crippen molar-refractivity contribution in [2.75, 3.05) is 6.61 Å². The second kappa shape index (κ2) is 2.25. The molecule has 0 aliphatic carbocycles. The van der Waals surface area contributed by atoms with Crippen molar-refractivity contribution < 1.29 is 4.18 Å². The van der Waals surface area contributed by atoms with E-state index in [9.17, 15) is 0 Å². The fourth-order valence-electron chi connectivity index (χ4n) is 0.532. The molecule has 1 N–H and O–H groups in total. The Balaban J connectivity index is 2.33. The minimum absolute atomic E-state index is 0.267.